The summed E-state index contributed by atoms with van der Waals surface area (Å²) in [4.78, 5) is 29.3. The zero-order chi connectivity index (χ0) is 19.3. The molecule has 1 aromatic heterocycles. The first-order valence-corrected chi connectivity index (χ1v) is 8.55. The van der Waals surface area contributed by atoms with Gasteiger partial charge in [-0.3, -0.25) is 4.79 Å². The summed E-state index contributed by atoms with van der Waals surface area (Å²) >= 11 is 12.4. The Morgan fingerprint density at radius 3 is 2.58 bits per heavy atom. The van der Waals surface area contributed by atoms with Gasteiger partial charge in [0.25, 0.3) is 5.91 Å². The third-order valence-electron chi connectivity index (χ3n) is 3.07. The molecule has 0 saturated carbocycles. The molecule has 2 aromatic rings. The van der Waals surface area contributed by atoms with Crippen LogP contribution in [-0.2, 0) is 0 Å². The SMILES string of the molecule is Cc1cc(C(=O)N/N=C/c2cc(Cl)c(OCC(C)C)c(Cl)c2)nc(=O)[nH]1. The summed E-state index contributed by atoms with van der Waals surface area (Å²) in [7, 11) is 0. The first-order valence-electron chi connectivity index (χ1n) is 7.79. The molecule has 0 aliphatic heterocycles. The summed E-state index contributed by atoms with van der Waals surface area (Å²) in [6.45, 7) is 6.17. The molecule has 0 aliphatic carbocycles. The van der Waals surface area contributed by atoms with Gasteiger partial charge < -0.3 is 9.72 Å². The normalized spacial score (nSPS) is 11.2. The van der Waals surface area contributed by atoms with Crippen molar-refractivity contribution in [1.82, 2.24) is 15.4 Å². The van der Waals surface area contributed by atoms with Crippen LogP contribution in [0.4, 0.5) is 0 Å². The number of hydrazone groups is 1. The van der Waals surface area contributed by atoms with Crippen molar-refractivity contribution >= 4 is 35.3 Å². The van der Waals surface area contributed by atoms with Gasteiger partial charge in [-0.05, 0) is 36.6 Å². The van der Waals surface area contributed by atoms with Crippen LogP contribution >= 0.6 is 23.2 Å². The van der Waals surface area contributed by atoms with Gasteiger partial charge in [0.15, 0.2) is 5.75 Å². The van der Waals surface area contributed by atoms with E-state index in [1.807, 2.05) is 13.8 Å². The van der Waals surface area contributed by atoms with Crippen LogP contribution in [0.25, 0.3) is 0 Å². The second kappa shape index (κ2) is 8.82. The Kier molecular flexibility index (Phi) is 6.76. The van der Waals surface area contributed by atoms with Crippen LogP contribution in [0.3, 0.4) is 0 Å². The van der Waals surface area contributed by atoms with Crippen LogP contribution in [0, 0.1) is 12.8 Å². The number of rotatable bonds is 6. The summed E-state index contributed by atoms with van der Waals surface area (Å²) in [5.41, 5.74) is 2.76. The van der Waals surface area contributed by atoms with Crippen molar-refractivity contribution in [2.75, 3.05) is 6.61 Å². The molecule has 0 saturated heterocycles. The standard InChI is InChI=1S/C17H18Cl2N4O3/c1-9(2)8-26-15-12(18)5-11(6-13(15)19)7-20-23-16(24)14-4-10(3)21-17(25)22-14/h4-7,9H,8H2,1-3H3,(H,23,24)(H,21,22,25)/b20-7+. The van der Waals surface area contributed by atoms with E-state index < -0.39 is 11.6 Å². The summed E-state index contributed by atoms with van der Waals surface area (Å²) in [6.07, 6.45) is 1.38. The number of aromatic amines is 1. The van der Waals surface area contributed by atoms with E-state index in [-0.39, 0.29) is 5.69 Å². The molecule has 0 unspecified atom stereocenters. The molecule has 1 amide bonds. The maximum absolute atomic E-state index is 12.0. The Balaban J connectivity index is 2.08. The van der Waals surface area contributed by atoms with Crippen molar-refractivity contribution in [2.24, 2.45) is 11.0 Å². The van der Waals surface area contributed by atoms with Crippen molar-refractivity contribution in [2.45, 2.75) is 20.8 Å². The molecule has 2 N–H and O–H groups in total. The maximum atomic E-state index is 12.0. The van der Waals surface area contributed by atoms with Crippen LogP contribution in [0.1, 0.15) is 35.6 Å². The number of H-pyrrole nitrogens is 1. The summed E-state index contributed by atoms with van der Waals surface area (Å²) in [6, 6.07) is 4.68. The minimum atomic E-state index is -0.607. The molecule has 0 radical (unpaired) electrons. The number of carbonyl (C=O) groups is 1. The Hall–Kier alpha value is -2.38. The van der Waals surface area contributed by atoms with Crippen molar-refractivity contribution in [3.05, 3.63) is 55.7 Å². The zero-order valence-electron chi connectivity index (χ0n) is 14.5. The zero-order valence-corrected chi connectivity index (χ0v) is 16.0. The van der Waals surface area contributed by atoms with Crippen molar-refractivity contribution in [3.8, 4) is 5.75 Å². The van der Waals surface area contributed by atoms with E-state index in [1.54, 1.807) is 19.1 Å². The van der Waals surface area contributed by atoms with Crippen LogP contribution in [0.2, 0.25) is 10.0 Å². The van der Waals surface area contributed by atoms with Crippen LogP contribution < -0.4 is 15.9 Å². The Bertz CT molecular complexity index is 871. The molecule has 7 nitrogen and oxygen atoms in total. The third-order valence-corrected chi connectivity index (χ3v) is 3.63. The van der Waals surface area contributed by atoms with Crippen molar-refractivity contribution in [3.63, 3.8) is 0 Å². The lowest BCUT2D eigenvalue weighted by Crippen LogP contribution is -2.24. The first kappa shape index (κ1) is 19.9. The molecule has 2 rings (SSSR count). The highest BCUT2D eigenvalue weighted by Gasteiger charge is 2.11. The topological polar surface area (TPSA) is 96.4 Å². The van der Waals surface area contributed by atoms with Crippen LogP contribution in [0.15, 0.2) is 28.1 Å². The summed E-state index contributed by atoms with van der Waals surface area (Å²) < 4.78 is 5.59. The Morgan fingerprint density at radius 2 is 2.00 bits per heavy atom. The number of amides is 1. The average molecular weight is 397 g/mol. The van der Waals surface area contributed by atoms with Gasteiger partial charge in [-0.15, -0.1) is 0 Å². The van der Waals surface area contributed by atoms with Gasteiger partial charge in [0.05, 0.1) is 22.9 Å². The van der Waals surface area contributed by atoms with Gasteiger partial charge in [0.2, 0.25) is 0 Å². The molecule has 138 valence electrons. The van der Waals surface area contributed by atoms with Crippen LogP contribution in [0.5, 0.6) is 5.75 Å². The molecular formula is C17H18Cl2N4O3. The van der Waals surface area contributed by atoms with E-state index in [4.69, 9.17) is 27.9 Å². The number of halogens is 2. The fourth-order valence-corrected chi connectivity index (χ4v) is 2.57. The monoisotopic (exact) mass is 396 g/mol. The number of ether oxygens (including phenoxy) is 1. The molecule has 1 heterocycles. The number of hydrogen-bond donors (Lipinski definition) is 2. The highest BCUT2D eigenvalue weighted by atomic mass is 35.5. The number of aromatic nitrogens is 2. The lowest BCUT2D eigenvalue weighted by molar-refractivity contribution is 0.0949. The van der Waals surface area contributed by atoms with Gasteiger partial charge in [0.1, 0.15) is 5.69 Å². The first-order chi connectivity index (χ1) is 12.3. The van der Waals surface area contributed by atoms with Gasteiger partial charge in [0, 0.05) is 5.69 Å². The summed E-state index contributed by atoms with van der Waals surface area (Å²) in [5, 5.41) is 4.52. The van der Waals surface area contributed by atoms with E-state index in [0.717, 1.165) is 0 Å². The molecule has 0 spiro atoms. The highest BCUT2D eigenvalue weighted by Crippen LogP contribution is 2.34. The molecule has 0 atom stereocenters. The minimum absolute atomic E-state index is 0.0306. The lowest BCUT2D eigenvalue weighted by atomic mass is 10.2. The van der Waals surface area contributed by atoms with E-state index in [0.29, 0.717) is 39.6 Å². The van der Waals surface area contributed by atoms with E-state index >= 15 is 0 Å². The number of nitrogens with one attached hydrogen (secondary N) is 2. The quantitative estimate of drug-likeness (QED) is 0.578. The summed E-state index contributed by atoms with van der Waals surface area (Å²) in [5.74, 6) is 0.136. The maximum Gasteiger partial charge on any atom is 0.345 e. The van der Waals surface area contributed by atoms with E-state index in [2.05, 4.69) is 20.5 Å². The van der Waals surface area contributed by atoms with Crippen molar-refractivity contribution < 1.29 is 9.53 Å². The number of nitrogens with zero attached hydrogens (tertiary/aromatic N) is 2. The number of carbonyl (C=O) groups excluding carboxylic acids is 1. The fraction of sp³-hybridized carbons (Fsp3) is 0.294. The van der Waals surface area contributed by atoms with Crippen molar-refractivity contribution in [1.29, 1.82) is 0 Å². The average Bonchev–Trinajstić information content (AvgIpc) is 2.52. The van der Waals surface area contributed by atoms with Crippen LogP contribution in [-0.4, -0.2) is 28.7 Å². The highest BCUT2D eigenvalue weighted by molar-refractivity contribution is 6.37. The molecule has 9 heteroatoms. The van der Waals surface area contributed by atoms with E-state index in [9.17, 15) is 9.59 Å². The van der Waals surface area contributed by atoms with Gasteiger partial charge >= 0.3 is 5.69 Å². The molecule has 0 aliphatic rings. The Labute approximate surface area is 160 Å². The molecule has 1 aromatic carbocycles. The molecular weight excluding hydrogens is 379 g/mol. The van der Waals surface area contributed by atoms with E-state index in [1.165, 1.54) is 12.3 Å². The largest absolute Gasteiger partial charge is 0.490 e. The predicted molar refractivity (Wildman–Crippen MR) is 101 cm³/mol. The second-order valence-corrected chi connectivity index (χ2v) is 6.79. The smallest absolute Gasteiger partial charge is 0.345 e. The predicted octanol–water partition coefficient (Wildman–Crippen LogP) is 3.18. The number of benzene rings is 1. The molecule has 26 heavy (non-hydrogen) atoms. The molecule has 0 fully saturated rings. The van der Waals surface area contributed by atoms with Gasteiger partial charge in [-0.1, -0.05) is 37.0 Å². The van der Waals surface area contributed by atoms with Gasteiger partial charge in [-0.25, -0.2) is 10.2 Å². The second-order valence-electron chi connectivity index (χ2n) is 5.97. The number of hydrogen-bond acceptors (Lipinski definition) is 5. The van der Waals surface area contributed by atoms with Gasteiger partial charge in [-0.2, -0.15) is 10.1 Å². The Morgan fingerprint density at radius 1 is 1.35 bits per heavy atom. The third kappa shape index (κ3) is 5.57. The fourth-order valence-electron chi connectivity index (χ4n) is 1.96. The number of aryl methyl sites for hydroxylation is 1. The molecule has 0 bridgehead atoms. The minimum Gasteiger partial charge on any atom is -0.490 e. The lowest BCUT2D eigenvalue weighted by Gasteiger charge is -2.12.